The van der Waals surface area contributed by atoms with Gasteiger partial charge in [-0.3, -0.25) is 4.79 Å². The number of esters is 1. The number of halogens is 1. The standard InChI is InChI=1S/C10H11NO3.ClH/c1-14-10(13)8-4-2-7(3-5-8)9(12)6-11;/h2-5H,6,11H2,1H3;1H. The van der Waals surface area contributed by atoms with Crippen LogP contribution in [0.3, 0.4) is 0 Å². The van der Waals surface area contributed by atoms with E-state index in [1.54, 1.807) is 12.1 Å². The third-order valence-electron chi connectivity index (χ3n) is 1.81. The first-order valence-corrected chi connectivity index (χ1v) is 4.10. The van der Waals surface area contributed by atoms with Crippen LogP contribution in [0.4, 0.5) is 0 Å². The number of ketones is 1. The van der Waals surface area contributed by atoms with Gasteiger partial charge in [0.25, 0.3) is 0 Å². The van der Waals surface area contributed by atoms with Crippen molar-refractivity contribution in [2.75, 3.05) is 13.7 Å². The van der Waals surface area contributed by atoms with Crippen molar-refractivity contribution in [2.45, 2.75) is 0 Å². The van der Waals surface area contributed by atoms with Crippen LogP contribution in [0.15, 0.2) is 24.3 Å². The van der Waals surface area contributed by atoms with Crippen molar-refractivity contribution < 1.29 is 14.3 Å². The summed E-state index contributed by atoms with van der Waals surface area (Å²) < 4.78 is 4.51. The van der Waals surface area contributed by atoms with E-state index in [-0.39, 0.29) is 24.7 Å². The Morgan fingerprint density at radius 1 is 1.20 bits per heavy atom. The summed E-state index contributed by atoms with van der Waals surface area (Å²) in [5.74, 6) is -0.571. The first-order valence-electron chi connectivity index (χ1n) is 4.10. The van der Waals surface area contributed by atoms with Gasteiger partial charge in [-0.1, -0.05) is 12.1 Å². The predicted octanol–water partition coefficient (Wildman–Crippen LogP) is 1.04. The summed E-state index contributed by atoms with van der Waals surface area (Å²) in [4.78, 5) is 22.2. The molecule has 4 nitrogen and oxygen atoms in total. The quantitative estimate of drug-likeness (QED) is 0.621. The van der Waals surface area contributed by atoms with E-state index < -0.39 is 5.97 Å². The monoisotopic (exact) mass is 229 g/mol. The van der Waals surface area contributed by atoms with E-state index in [9.17, 15) is 9.59 Å². The van der Waals surface area contributed by atoms with Gasteiger partial charge in [-0.25, -0.2) is 4.79 Å². The lowest BCUT2D eigenvalue weighted by molar-refractivity contribution is 0.0600. The van der Waals surface area contributed by atoms with E-state index >= 15 is 0 Å². The molecule has 0 aliphatic carbocycles. The molecule has 2 N–H and O–H groups in total. The van der Waals surface area contributed by atoms with Crippen LogP contribution >= 0.6 is 12.4 Å². The minimum Gasteiger partial charge on any atom is -0.465 e. The van der Waals surface area contributed by atoms with Gasteiger partial charge >= 0.3 is 5.97 Å². The third-order valence-corrected chi connectivity index (χ3v) is 1.81. The molecule has 0 atom stereocenters. The van der Waals surface area contributed by atoms with Crippen LogP contribution in [0.5, 0.6) is 0 Å². The molecule has 0 radical (unpaired) electrons. The first kappa shape index (κ1) is 13.6. The lowest BCUT2D eigenvalue weighted by atomic mass is 10.1. The van der Waals surface area contributed by atoms with Crippen LogP contribution in [-0.2, 0) is 4.74 Å². The van der Waals surface area contributed by atoms with Gasteiger partial charge in [-0.2, -0.15) is 0 Å². The van der Waals surface area contributed by atoms with Crippen LogP contribution < -0.4 is 5.73 Å². The van der Waals surface area contributed by atoms with E-state index in [0.29, 0.717) is 11.1 Å². The average molecular weight is 230 g/mol. The first-order chi connectivity index (χ1) is 6.69. The number of ether oxygens (including phenoxy) is 1. The van der Waals surface area contributed by atoms with E-state index in [2.05, 4.69) is 4.74 Å². The lowest BCUT2D eigenvalue weighted by Gasteiger charge is -2.00. The highest BCUT2D eigenvalue weighted by molar-refractivity contribution is 5.98. The molecule has 0 aliphatic heterocycles. The van der Waals surface area contributed by atoms with Gasteiger partial charge in [0.1, 0.15) is 0 Å². The molecule has 0 saturated carbocycles. The zero-order chi connectivity index (χ0) is 10.6. The Morgan fingerprint density at radius 2 is 1.67 bits per heavy atom. The summed E-state index contributed by atoms with van der Waals surface area (Å²) in [6.07, 6.45) is 0. The fourth-order valence-corrected chi connectivity index (χ4v) is 1.03. The van der Waals surface area contributed by atoms with Gasteiger partial charge in [0, 0.05) is 5.56 Å². The van der Waals surface area contributed by atoms with Crippen LogP contribution in [0.25, 0.3) is 0 Å². The molecule has 0 fully saturated rings. The highest BCUT2D eigenvalue weighted by Crippen LogP contribution is 2.05. The average Bonchev–Trinajstić information content (AvgIpc) is 2.27. The van der Waals surface area contributed by atoms with Crippen molar-refractivity contribution in [1.29, 1.82) is 0 Å². The Labute approximate surface area is 93.8 Å². The topological polar surface area (TPSA) is 69.4 Å². The predicted molar refractivity (Wildman–Crippen MR) is 58.4 cm³/mol. The number of carbonyl (C=O) groups excluding carboxylic acids is 2. The lowest BCUT2D eigenvalue weighted by Crippen LogP contribution is -2.13. The summed E-state index contributed by atoms with van der Waals surface area (Å²) >= 11 is 0. The van der Waals surface area contributed by atoms with Crippen LogP contribution in [-0.4, -0.2) is 25.4 Å². The molecule has 0 heterocycles. The maximum atomic E-state index is 11.1. The molecule has 1 rings (SSSR count). The number of benzene rings is 1. The van der Waals surface area contributed by atoms with Crippen molar-refractivity contribution in [3.8, 4) is 0 Å². The van der Waals surface area contributed by atoms with Gasteiger partial charge in [0.2, 0.25) is 0 Å². The summed E-state index contributed by atoms with van der Waals surface area (Å²) in [6, 6.07) is 6.19. The molecular formula is C10H12ClNO3. The number of rotatable bonds is 3. The summed E-state index contributed by atoms with van der Waals surface area (Å²) in [5.41, 5.74) is 6.10. The molecule has 1 aromatic carbocycles. The van der Waals surface area contributed by atoms with Gasteiger partial charge in [0.15, 0.2) is 5.78 Å². The normalized spacial score (nSPS) is 8.93. The molecule has 0 saturated heterocycles. The Bertz CT molecular complexity index is 313. The number of Topliss-reactive ketones (excluding diaryl/α,β-unsaturated/α-hetero) is 1. The van der Waals surface area contributed by atoms with Crippen molar-refractivity contribution in [3.05, 3.63) is 35.4 Å². The molecule has 1 aromatic rings. The minimum atomic E-state index is -0.420. The van der Waals surface area contributed by atoms with Gasteiger partial charge in [-0.05, 0) is 12.1 Å². The Hall–Kier alpha value is -1.39. The van der Waals surface area contributed by atoms with Crippen LogP contribution in [0.1, 0.15) is 20.7 Å². The Morgan fingerprint density at radius 3 is 2.07 bits per heavy atom. The van der Waals surface area contributed by atoms with Crippen LogP contribution in [0, 0.1) is 0 Å². The third kappa shape index (κ3) is 3.34. The second-order valence-electron chi connectivity index (χ2n) is 2.70. The van der Waals surface area contributed by atoms with Crippen molar-refractivity contribution in [2.24, 2.45) is 5.73 Å². The highest BCUT2D eigenvalue weighted by atomic mass is 35.5. The maximum Gasteiger partial charge on any atom is 0.337 e. The Kier molecular flexibility index (Phi) is 5.59. The number of hydrogen-bond donors (Lipinski definition) is 1. The SMILES string of the molecule is COC(=O)c1ccc(C(=O)CN)cc1.Cl. The second-order valence-corrected chi connectivity index (χ2v) is 2.70. The summed E-state index contributed by atoms with van der Waals surface area (Å²) in [5, 5.41) is 0. The number of methoxy groups -OCH3 is 1. The molecule has 82 valence electrons. The van der Waals surface area contributed by atoms with Crippen LogP contribution in [0.2, 0.25) is 0 Å². The molecule has 0 unspecified atom stereocenters. The van der Waals surface area contributed by atoms with E-state index in [0.717, 1.165) is 0 Å². The van der Waals surface area contributed by atoms with Crippen molar-refractivity contribution in [1.82, 2.24) is 0 Å². The molecule has 0 amide bonds. The largest absolute Gasteiger partial charge is 0.465 e. The van der Waals surface area contributed by atoms with Crippen molar-refractivity contribution >= 4 is 24.2 Å². The Balaban J connectivity index is 0.00000196. The van der Waals surface area contributed by atoms with Gasteiger partial charge < -0.3 is 10.5 Å². The molecule has 0 aliphatic rings. The maximum absolute atomic E-state index is 11.1. The minimum absolute atomic E-state index is 0. The molecule has 0 spiro atoms. The molecule has 0 bridgehead atoms. The molecule has 5 heteroatoms. The molecule has 0 aromatic heterocycles. The summed E-state index contributed by atoms with van der Waals surface area (Å²) in [7, 11) is 1.31. The van der Waals surface area contributed by atoms with E-state index in [4.69, 9.17) is 5.73 Å². The second kappa shape index (κ2) is 6.16. The highest BCUT2D eigenvalue weighted by Gasteiger charge is 2.06. The van der Waals surface area contributed by atoms with Gasteiger partial charge in [0.05, 0.1) is 19.2 Å². The molecular weight excluding hydrogens is 218 g/mol. The number of hydrogen-bond acceptors (Lipinski definition) is 4. The fourth-order valence-electron chi connectivity index (χ4n) is 1.03. The van der Waals surface area contributed by atoms with Crippen molar-refractivity contribution in [3.63, 3.8) is 0 Å². The van der Waals surface area contributed by atoms with E-state index in [1.165, 1.54) is 19.2 Å². The molecule has 15 heavy (non-hydrogen) atoms. The summed E-state index contributed by atoms with van der Waals surface area (Å²) in [6.45, 7) is -0.0302. The van der Waals surface area contributed by atoms with Gasteiger partial charge in [-0.15, -0.1) is 12.4 Å². The number of nitrogens with two attached hydrogens (primary N) is 1. The fraction of sp³-hybridized carbons (Fsp3) is 0.200. The zero-order valence-electron chi connectivity index (χ0n) is 8.23. The number of carbonyl (C=O) groups is 2. The smallest absolute Gasteiger partial charge is 0.337 e. The van der Waals surface area contributed by atoms with E-state index in [1.807, 2.05) is 0 Å². The zero-order valence-corrected chi connectivity index (χ0v) is 9.04.